The highest BCUT2D eigenvalue weighted by Gasteiger charge is 2.16. The van der Waals surface area contributed by atoms with Gasteiger partial charge in [0.25, 0.3) is 0 Å². The van der Waals surface area contributed by atoms with Gasteiger partial charge < -0.3 is 5.32 Å². The molecule has 1 N–H and O–H groups in total. The van der Waals surface area contributed by atoms with Gasteiger partial charge in [0.15, 0.2) is 5.65 Å². The molecule has 28 heavy (non-hydrogen) atoms. The van der Waals surface area contributed by atoms with E-state index < -0.39 is 0 Å². The summed E-state index contributed by atoms with van der Waals surface area (Å²) in [7, 11) is 0. The summed E-state index contributed by atoms with van der Waals surface area (Å²) in [4.78, 5) is 17.0. The van der Waals surface area contributed by atoms with E-state index in [1.54, 1.807) is 29.1 Å². The first-order valence-corrected chi connectivity index (χ1v) is 9.41. The summed E-state index contributed by atoms with van der Waals surface area (Å²) in [5, 5.41) is 9.15. The van der Waals surface area contributed by atoms with Crippen molar-refractivity contribution in [2.75, 3.05) is 5.32 Å². The van der Waals surface area contributed by atoms with E-state index in [1.807, 2.05) is 43.3 Å². The van der Waals surface area contributed by atoms with Gasteiger partial charge >= 0.3 is 0 Å². The number of nitrogens with zero attached hydrogens (tertiary/aromatic N) is 3. The lowest BCUT2D eigenvalue weighted by Gasteiger charge is -2.08. The summed E-state index contributed by atoms with van der Waals surface area (Å²) >= 11 is 12.0. The first-order valence-electron chi connectivity index (χ1n) is 8.65. The van der Waals surface area contributed by atoms with Crippen molar-refractivity contribution < 1.29 is 4.79 Å². The molecule has 0 aliphatic carbocycles. The van der Waals surface area contributed by atoms with Gasteiger partial charge in [-0.2, -0.15) is 5.10 Å². The molecular weight excluding hydrogens is 395 g/mol. The molecule has 0 saturated heterocycles. The van der Waals surface area contributed by atoms with Crippen LogP contribution >= 0.6 is 23.2 Å². The first kappa shape index (κ1) is 18.5. The van der Waals surface area contributed by atoms with E-state index in [0.29, 0.717) is 21.4 Å². The summed E-state index contributed by atoms with van der Waals surface area (Å²) in [6.45, 7) is 1.94. The van der Waals surface area contributed by atoms with Crippen LogP contribution in [0.1, 0.15) is 5.69 Å². The van der Waals surface area contributed by atoms with Crippen LogP contribution in [0.4, 0.5) is 5.69 Å². The Kier molecular flexibility index (Phi) is 5.03. The van der Waals surface area contributed by atoms with Crippen molar-refractivity contribution >= 4 is 45.8 Å². The Morgan fingerprint density at radius 3 is 2.64 bits per heavy atom. The number of fused-ring (bicyclic) bond motifs is 1. The number of carbonyl (C=O) groups is 1. The maximum Gasteiger partial charge on any atom is 0.246 e. The van der Waals surface area contributed by atoms with Crippen LogP contribution in [0, 0.1) is 6.92 Å². The number of halogens is 2. The number of carbonyl (C=O) groups excluding carboxylic acids is 1. The van der Waals surface area contributed by atoms with Gasteiger partial charge in [-0.05, 0) is 42.3 Å². The summed E-state index contributed by atoms with van der Waals surface area (Å²) in [5.74, 6) is -0.250. The van der Waals surface area contributed by atoms with Crippen molar-refractivity contribution in [1.82, 2.24) is 14.8 Å². The van der Waals surface area contributed by atoms with Crippen LogP contribution in [0.3, 0.4) is 0 Å². The number of benzene rings is 2. The molecule has 2 aromatic heterocycles. The maximum absolute atomic E-state index is 12.5. The fraction of sp³-hybridized carbons (Fsp3) is 0.0952. The van der Waals surface area contributed by atoms with E-state index in [0.717, 1.165) is 22.2 Å². The zero-order chi connectivity index (χ0) is 19.7. The molecule has 5 nitrogen and oxygen atoms in total. The van der Waals surface area contributed by atoms with Crippen LogP contribution < -0.4 is 5.32 Å². The molecule has 0 saturated carbocycles. The highest BCUT2D eigenvalue weighted by molar-refractivity contribution is 6.36. The van der Waals surface area contributed by atoms with Crippen LogP contribution in [-0.4, -0.2) is 20.7 Å². The molecule has 0 aliphatic heterocycles. The number of pyridine rings is 1. The number of hydrogen-bond acceptors (Lipinski definition) is 3. The van der Waals surface area contributed by atoms with E-state index in [-0.39, 0.29) is 12.5 Å². The van der Waals surface area contributed by atoms with Crippen molar-refractivity contribution in [3.63, 3.8) is 0 Å². The topological polar surface area (TPSA) is 59.8 Å². The standard InChI is InChI=1S/C21H16Cl2N4O/c1-13-20-16(14-5-3-2-4-6-14)9-10-24-21(20)27(26-13)12-19(28)25-18-8-7-15(22)11-17(18)23/h2-11H,12H2,1H3,(H,25,28). The zero-order valence-electron chi connectivity index (χ0n) is 15.0. The molecule has 2 heterocycles. The van der Waals surface area contributed by atoms with Gasteiger partial charge in [-0.1, -0.05) is 53.5 Å². The molecule has 0 fully saturated rings. The minimum atomic E-state index is -0.250. The van der Waals surface area contributed by atoms with Crippen LogP contribution in [0.25, 0.3) is 22.2 Å². The predicted molar refractivity (Wildman–Crippen MR) is 113 cm³/mol. The Morgan fingerprint density at radius 1 is 1.11 bits per heavy atom. The number of rotatable bonds is 4. The summed E-state index contributed by atoms with van der Waals surface area (Å²) in [6, 6.07) is 16.9. The first-order chi connectivity index (χ1) is 13.5. The molecular formula is C21H16Cl2N4O. The Balaban J connectivity index is 1.65. The van der Waals surface area contributed by atoms with E-state index in [4.69, 9.17) is 23.2 Å². The lowest BCUT2D eigenvalue weighted by molar-refractivity contribution is -0.116. The third kappa shape index (κ3) is 3.59. The summed E-state index contributed by atoms with van der Waals surface area (Å²) in [5.41, 5.74) is 4.10. The highest BCUT2D eigenvalue weighted by atomic mass is 35.5. The molecule has 0 unspecified atom stereocenters. The Morgan fingerprint density at radius 2 is 1.89 bits per heavy atom. The molecule has 2 aromatic carbocycles. The van der Waals surface area contributed by atoms with Gasteiger partial charge in [0, 0.05) is 16.6 Å². The Bertz CT molecular complexity index is 1170. The lowest BCUT2D eigenvalue weighted by Crippen LogP contribution is -2.20. The molecule has 7 heteroatoms. The average Bonchev–Trinajstić information content (AvgIpc) is 3.00. The van der Waals surface area contributed by atoms with Gasteiger partial charge in [0.05, 0.1) is 16.4 Å². The van der Waals surface area contributed by atoms with Gasteiger partial charge in [0.2, 0.25) is 5.91 Å². The molecule has 0 bridgehead atoms. The Hall–Kier alpha value is -2.89. The van der Waals surface area contributed by atoms with Crippen LogP contribution in [0.2, 0.25) is 10.0 Å². The normalized spacial score (nSPS) is 11.0. The lowest BCUT2D eigenvalue weighted by atomic mass is 10.0. The van der Waals surface area contributed by atoms with Gasteiger partial charge in [-0.15, -0.1) is 0 Å². The third-order valence-corrected chi connectivity index (χ3v) is 4.94. The smallest absolute Gasteiger partial charge is 0.246 e. The van der Waals surface area contributed by atoms with E-state index in [9.17, 15) is 4.79 Å². The number of hydrogen-bond donors (Lipinski definition) is 1. The zero-order valence-corrected chi connectivity index (χ0v) is 16.5. The molecule has 140 valence electrons. The molecule has 1 amide bonds. The van der Waals surface area contributed by atoms with Crippen molar-refractivity contribution in [3.05, 3.63) is 76.5 Å². The minimum absolute atomic E-state index is 0.0224. The molecule has 0 aliphatic rings. The molecule has 0 spiro atoms. The second-order valence-electron chi connectivity index (χ2n) is 6.34. The molecule has 0 radical (unpaired) electrons. The molecule has 4 rings (SSSR count). The van der Waals surface area contributed by atoms with Crippen LogP contribution in [0.5, 0.6) is 0 Å². The summed E-state index contributed by atoms with van der Waals surface area (Å²) < 4.78 is 1.61. The second kappa shape index (κ2) is 7.62. The number of nitrogens with one attached hydrogen (secondary N) is 1. The van der Waals surface area contributed by atoms with Crippen molar-refractivity contribution in [3.8, 4) is 11.1 Å². The van der Waals surface area contributed by atoms with Crippen LogP contribution in [-0.2, 0) is 11.3 Å². The predicted octanol–water partition coefficient (Wildman–Crippen LogP) is 5.35. The fourth-order valence-corrected chi connectivity index (χ4v) is 3.62. The number of amides is 1. The van der Waals surface area contributed by atoms with Gasteiger partial charge in [-0.25, -0.2) is 9.67 Å². The van der Waals surface area contributed by atoms with Crippen molar-refractivity contribution in [2.45, 2.75) is 13.5 Å². The number of aryl methyl sites for hydroxylation is 1. The van der Waals surface area contributed by atoms with Gasteiger partial charge in [0.1, 0.15) is 6.54 Å². The Labute approximate surface area is 171 Å². The molecule has 4 aromatic rings. The van der Waals surface area contributed by atoms with E-state index >= 15 is 0 Å². The third-order valence-electron chi connectivity index (χ3n) is 4.39. The fourth-order valence-electron chi connectivity index (χ4n) is 3.17. The van der Waals surface area contributed by atoms with Crippen molar-refractivity contribution in [1.29, 1.82) is 0 Å². The number of anilines is 1. The quantitative estimate of drug-likeness (QED) is 0.492. The highest BCUT2D eigenvalue weighted by Crippen LogP contribution is 2.30. The maximum atomic E-state index is 12.5. The SMILES string of the molecule is Cc1nn(CC(=O)Nc2ccc(Cl)cc2Cl)c2nccc(-c3ccccc3)c12. The largest absolute Gasteiger partial charge is 0.323 e. The average molecular weight is 411 g/mol. The van der Waals surface area contributed by atoms with Gasteiger partial charge in [-0.3, -0.25) is 4.79 Å². The van der Waals surface area contributed by atoms with E-state index in [2.05, 4.69) is 15.4 Å². The van der Waals surface area contributed by atoms with Crippen molar-refractivity contribution in [2.24, 2.45) is 0 Å². The second-order valence-corrected chi connectivity index (χ2v) is 7.18. The monoisotopic (exact) mass is 410 g/mol. The summed E-state index contributed by atoms with van der Waals surface area (Å²) in [6.07, 6.45) is 1.73. The van der Waals surface area contributed by atoms with Crippen LogP contribution in [0.15, 0.2) is 60.8 Å². The van der Waals surface area contributed by atoms with E-state index in [1.165, 1.54) is 0 Å². The minimum Gasteiger partial charge on any atom is -0.323 e. The molecule has 0 atom stereocenters. The number of aromatic nitrogens is 3.